The third kappa shape index (κ3) is 3.56. The van der Waals surface area contributed by atoms with E-state index in [0.29, 0.717) is 13.1 Å². The molecular formula is C15H20N2O2. The van der Waals surface area contributed by atoms with Gasteiger partial charge in [-0.05, 0) is 6.42 Å². The predicted molar refractivity (Wildman–Crippen MR) is 74.9 cm³/mol. The van der Waals surface area contributed by atoms with E-state index in [0.717, 1.165) is 19.3 Å². The van der Waals surface area contributed by atoms with Crippen LogP contribution >= 0.6 is 0 Å². The number of nitrogens with zero attached hydrogens (tertiary/aromatic N) is 2. The molecule has 2 heterocycles. The number of pyridine rings is 1. The maximum absolute atomic E-state index is 12.3. The highest BCUT2D eigenvalue weighted by atomic mass is 16.2. The van der Waals surface area contributed by atoms with Crippen LogP contribution in [0.4, 0.5) is 0 Å². The van der Waals surface area contributed by atoms with Crippen molar-refractivity contribution < 1.29 is 4.79 Å². The SMILES string of the molecule is CCCCC1C=CCN1C(=O)Cn1ccc(=O)cc1. The van der Waals surface area contributed by atoms with E-state index in [1.54, 1.807) is 17.0 Å². The molecule has 1 atom stereocenters. The molecule has 4 heteroatoms. The summed E-state index contributed by atoms with van der Waals surface area (Å²) in [7, 11) is 0. The smallest absolute Gasteiger partial charge is 0.243 e. The van der Waals surface area contributed by atoms with Crippen molar-refractivity contribution in [2.45, 2.75) is 38.8 Å². The van der Waals surface area contributed by atoms with E-state index < -0.39 is 0 Å². The van der Waals surface area contributed by atoms with E-state index in [2.05, 4.69) is 19.1 Å². The van der Waals surface area contributed by atoms with Gasteiger partial charge in [-0.3, -0.25) is 9.59 Å². The summed E-state index contributed by atoms with van der Waals surface area (Å²) in [6, 6.07) is 3.19. The molecule has 102 valence electrons. The maximum atomic E-state index is 12.3. The second-order valence-corrected chi connectivity index (χ2v) is 4.89. The zero-order valence-corrected chi connectivity index (χ0v) is 11.3. The zero-order valence-electron chi connectivity index (χ0n) is 11.3. The normalized spacial score (nSPS) is 17.9. The Morgan fingerprint density at radius 1 is 1.37 bits per heavy atom. The van der Waals surface area contributed by atoms with Gasteiger partial charge in [0.25, 0.3) is 0 Å². The third-order valence-electron chi connectivity index (χ3n) is 3.41. The number of carbonyl (C=O) groups is 1. The molecule has 0 N–H and O–H groups in total. The average molecular weight is 260 g/mol. The lowest BCUT2D eigenvalue weighted by Crippen LogP contribution is -2.38. The highest BCUT2D eigenvalue weighted by Crippen LogP contribution is 2.16. The maximum Gasteiger partial charge on any atom is 0.243 e. The van der Waals surface area contributed by atoms with Crippen molar-refractivity contribution in [3.63, 3.8) is 0 Å². The molecule has 0 saturated carbocycles. The molecule has 1 aliphatic rings. The first-order valence-electron chi connectivity index (χ1n) is 6.83. The van der Waals surface area contributed by atoms with Crippen LogP contribution in [0.25, 0.3) is 0 Å². The standard InChI is InChI=1S/C15H20N2O2/c1-2-3-5-13-6-4-9-17(13)15(19)12-16-10-7-14(18)8-11-16/h4,6-8,10-11,13H,2-3,5,9,12H2,1H3. The highest BCUT2D eigenvalue weighted by Gasteiger charge is 2.23. The van der Waals surface area contributed by atoms with Crippen molar-refractivity contribution in [2.75, 3.05) is 6.54 Å². The van der Waals surface area contributed by atoms with E-state index in [1.807, 2.05) is 4.90 Å². The Bertz CT molecular complexity index is 499. The molecule has 0 bridgehead atoms. The number of carbonyl (C=O) groups excluding carboxylic acids is 1. The molecule has 1 aromatic heterocycles. The summed E-state index contributed by atoms with van der Waals surface area (Å²) in [5.41, 5.74) is -0.0349. The van der Waals surface area contributed by atoms with Crippen LogP contribution in [0.5, 0.6) is 0 Å². The van der Waals surface area contributed by atoms with Crippen molar-refractivity contribution in [2.24, 2.45) is 0 Å². The third-order valence-corrected chi connectivity index (χ3v) is 3.41. The van der Waals surface area contributed by atoms with Crippen LogP contribution in [0.3, 0.4) is 0 Å². The fourth-order valence-electron chi connectivity index (χ4n) is 2.32. The fourth-order valence-corrected chi connectivity index (χ4v) is 2.32. The van der Waals surface area contributed by atoms with Crippen LogP contribution in [-0.2, 0) is 11.3 Å². The first-order valence-corrected chi connectivity index (χ1v) is 6.83. The van der Waals surface area contributed by atoms with Gasteiger partial charge in [0.2, 0.25) is 5.91 Å². The molecule has 4 nitrogen and oxygen atoms in total. The lowest BCUT2D eigenvalue weighted by atomic mass is 10.1. The molecule has 1 amide bonds. The van der Waals surface area contributed by atoms with Gasteiger partial charge < -0.3 is 9.47 Å². The van der Waals surface area contributed by atoms with Crippen molar-refractivity contribution in [1.82, 2.24) is 9.47 Å². The quantitative estimate of drug-likeness (QED) is 0.758. The lowest BCUT2D eigenvalue weighted by Gasteiger charge is -2.25. The summed E-state index contributed by atoms with van der Waals surface area (Å²) in [5.74, 6) is 0.106. The van der Waals surface area contributed by atoms with Crippen LogP contribution in [0, 0.1) is 0 Å². The van der Waals surface area contributed by atoms with E-state index in [4.69, 9.17) is 0 Å². The van der Waals surface area contributed by atoms with Crippen molar-refractivity contribution in [3.05, 3.63) is 46.9 Å². The van der Waals surface area contributed by atoms with Gasteiger partial charge in [-0.1, -0.05) is 31.9 Å². The minimum absolute atomic E-state index is 0.0349. The van der Waals surface area contributed by atoms with Crippen molar-refractivity contribution >= 4 is 5.91 Å². The predicted octanol–water partition coefficient (Wildman–Crippen LogP) is 1.81. The van der Waals surface area contributed by atoms with Gasteiger partial charge in [-0.25, -0.2) is 0 Å². The first-order chi connectivity index (χ1) is 9.20. The Hall–Kier alpha value is -1.84. The lowest BCUT2D eigenvalue weighted by molar-refractivity contribution is -0.132. The minimum atomic E-state index is -0.0349. The fraction of sp³-hybridized carbons (Fsp3) is 0.467. The Morgan fingerprint density at radius 3 is 2.79 bits per heavy atom. The Kier molecular flexibility index (Phi) is 4.55. The van der Waals surface area contributed by atoms with E-state index >= 15 is 0 Å². The van der Waals surface area contributed by atoms with Crippen molar-refractivity contribution in [3.8, 4) is 0 Å². The summed E-state index contributed by atoms with van der Waals surface area (Å²) < 4.78 is 1.75. The van der Waals surface area contributed by atoms with Crippen LogP contribution in [0.2, 0.25) is 0 Å². The second kappa shape index (κ2) is 6.36. The first kappa shape index (κ1) is 13.6. The molecule has 1 aromatic rings. The van der Waals surface area contributed by atoms with Gasteiger partial charge in [0.05, 0.1) is 6.04 Å². The topological polar surface area (TPSA) is 42.3 Å². The monoisotopic (exact) mass is 260 g/mol. The molecule has 0 radical (unpaired) electrons. The van der Waals surface area contributed by atoms with Gasteiger partial charge in [0, 0.05) is 31.1 Å². The highest BCUT2D eigenvalue weighted by molar-refractivity contribution is 5.77. The van der Waals surface area contributed by atoms with Gasteiger partial charge in [0.1, 0.15) is 6.54 Å². The molecule has 2 rings (SSSR count). The number of aromatic nitrogens is 1. The van der Waals surface area contributed by atoms with Gasteiger partial charge in [-0.15, -0.1) is 0 Å². The largest absolute Gasteiger partial charge is 0.345 e. The second-order valence-electron chi connectivity index (χ2n) is 4.89. The van der Waals surface area contributed by atoms with Crippen LogP contribution in [-0.4, -0.2) is 28.0 Å². The van der Waals surface area contributed by atoms with Crippen LogP contribution < -0.4 is 5.43 Å². The zero-order chi connectivity index (χ0) is 13.7. The molecule has 0 aromatic carbocycles. The average Bonchev–Trinajstić information content (AvgIpc) is 2.87. The Balaban J connectivity index is 1.95. The number of rotatable bonds is 5. The van der Waals surface area contributed by atoms with E-state index in [1.165, 1.54) is 12.1 Å². The van der Waals surface area contributed by atoms with Gasteiger partial charge in [-0.2, -0.15) is 0 Å². The summed E-state index contributed by atoms with van der Waals surface area (Å²) >= 11 is 0. The Morgan fingerprint density at radius 2 is 2.11 bits per heavy atom. The molecule has 1 unspecified atom stereocenters. The van der Waals surface area contributed by atoms with Crippen LogP contribution in [0.15, 0.2) is 41.5 Å². The van der Waals surface area contributed by atoms with Crippen LogP contribution in [0.1, 0.15) is 26.2 Å². The van der Waals surface area contributed by atoms with Gasteiger partial charge in [0.15, 0.2) is 5.43 Å². The number of hydrogen-bond acceptors (Lipinski definition) is 2. The van der Waals surface area contributed by atoms with Gasteiger partial charge >= 0.3 is 0 Å². The summed E-state index contributed by atoms with van der Waals surface area (Å²) in [6.45, 7) is 3.16. The molecule has 1 aliphatic heterocycles. The van der Waals surface area contributed by atoms with Crippen molar-refractivity contribution in [1.29, 1.82) is 0 Å². The molecule has 0 aliphatic carbocycles. The summed E-state index contributed by atoms with van der Waals surface area (Å²) in [5, 5.41) is 0. The van der Waals surface area contributed by atoms with E-state index in [-0.39, 0.29) is 17.4 Å². The van der Waals surface area contributed by atoms with E-state index in [9.17, 15) is 9.59 Å². The molecule has 0 saturated heterocycles. The number of unbranched alkanes of at least 4 members (excludes halogenated alkanes) is 1. The summed E-state index contributed by atoms with van der Waals surface area (Å²) in [6.07, 6.45) is 10.8. The minimum Gasteiger partial charge on any atom is -0.345 e. The summed E-state index contributed by atoms with van der Waals surface area (Å²) in [4.78, 5) is 25.2. The molecule has 19 heavy (non-hydrogen) atoms. The molecule has 0 fully saturated rings. The number of amides is 1. The molecular weight excluding hydrogens is 240 g/mol. The molecule has 0 spiro atoms. The number of hydrogen-bond donors (Lipinski definition) is 0. The Labute approximate surface area is 113 Å².